The number of aromatic nitrogens is 4. The van der Waals surface area contributed by atoms with Crippen LogP contribution in [0.3, 0.4) is 0 Å². The van der Waals surface area contributed by atoms with E-state index >= 15 is 0 Å². The van der Waals surface area contributed by atoms with Gasteiger partial charge in [0.05, 0.1) is 6.33 Å². The third-order valence-corrected chi connectivity index (χ3v) is 2.39. The first-order valence-electron chi connectivity index (χ1n) is 5.15. The largest absolute Gasteiger partial charge is 0.366 e. The molecule has 0 aliphatic rings. The summed E-state index contributed by atoms with van der Waals surface area (Å²) in [5.74, 6) is 1.57. The molecule has 0 saturated carbocycles. The van der Waals surface area contributed by atoms with Gasteiger partial charge >= 0.3 is 0 Å². The van der Waals surface area contributed by atoms with Gasteiger partial charge in [-0.25, -0.2) is 15.0 Å². The highest BCUT2D eigenvalue weighted by atomic mass is 15.1. The van der Waals surface area contributed by atoms with E-state index in [0.29, 0.717) is 11.7 Å². The van der Waals surface area contributed by atoms with E-state index in [2.05, 4.69) is 39.1 Å². The van der Waals surface area contributed by atoms with Crippen LogP contribution in [0.25, 0.3) is 11.2 Å². The summed E-state index contributed by atoms with van der Waals surface area (Å²) in [5.41, 5.74) is 1.59. The summed E-state index contributed by atoms with van der Waals surface area (Å²) in [5, 5.41) is 3.34. The lowest BCUT2D eigenvalue weighted by Gasteiger charge is -2.12. The van der Waals surface area contributed by atoms with Crippen molar-refractivity contribution in [3.05, 3.63) is 12.2 Å². The number of H-pyrrole nitrogens is 1. The van der Waals surface area contributed by atoms with Crippen molar-refractivity contribution in [3.8, 4) is 0 Å². The maximum absolute atomic E-state index is 4.37. The van der Waals surface area contributed by atoms with Gasteiger partial charge in [-0.2, -0.15) is 0 Å². The highest BCUT2D eigenvalue weighted by molar-refractivity contribution is 5.82. The Bertz CT molecular complexity index is 462. The van der Waals surface area contributed by atoms with Gasteiger partial charge in [0.25, 0.3) is 0 Å². The van der Waals surface area contributed by atoms with E-state index < -0.39 is 0 Å². The molecule has 80 valence electrons. The summed E-state index contributed by atoms with van der Waals surface area (Å²) in [6.07, 6.45) is 2.69. The van der Waals surface area contributed by atoms with Gasteiger partial charge in [-0.1, -0.05) is 6.92 Å². The number of hydrogen-bond acceptors (Lipinski definition) is 4. The molecule has 1 atom stereocenters. The number of fused-ring (bicyclic) bond motifs is 1. The Labute approximate surface area is 88.4 Å². The first kappa shape index (κ1) is 9.89. The molecule has 2 rings (SSSR count). The van der Waals surface area contributed by atoms with Crippen LogP contribution in [0.4, 0.5) is 5.82 Å². The minimum absolute atomic E-state index is 0.394. The minimum Gasteiger partial charge on any atom is -0.366 e. The topological polar surface area (TPSA) is 66.5 Å². The Morgan fingerprint density at radius 1 is 1.47 bits per heavy atom. The molecule has 2 aromatic rings. The molecule has 2 heterocycles. The fraction of sp³-hybridized carbons (Fsp3) is 0.500. The molecular formula is C10H15N5. The second-order valence-electron chi connectivity index (χ2n) is 3.67. The number of anilines is 1. The molecule has 0 unspecified atom stereocenters. The molecular weight excluding hydrogens is 190 g/mol. The monoisotopic (exact) mass is 205 g/mol. The average Bonchev–Trinajstić information content (AvgIpc) is 2.65. The molecule has 0 amide bonds. The van der Waals surface area contributed by atoms with Crippen molar-refractivity contribution < 1.29 is 0 Å². The highest BCUT2D eigenvalue weighted by Gasteiger charge is 2.09. The molecule has 0 spiro atoms. The first-order chi connectivity index (χ1) is 7.20. The Hall–Kier alpha value is -1.65. The molecule has 2 N–H and O–H groups in total. The van der Waals surface area contributed by atoms with Crippen LogP contribution >= 0.6 is 0 Å². The van der Waals surface area contributed by atoms with Crippen LogP contribution in [0.1, 0.15) is 26.1 Å². The Morgan fingerprint density at radius 2 is 2.27 bits per heavy atom. The van der Waals surface area contributed by atoms with Crippen molar-refractivity contribution >= 4 is 17.0 Å². The van der Waals surface area contributed by atoms with Crippen molar-refractivity contribution in [2.45, 2.75) is 33.2 Å². The Morgan fingerprint density at radius 3 is 3.00 bits per heavy atom. The molecule has 0 saturated heterocycles. The number of hydrogen-bond donors (Lipinski definition) is 2. The Kier molecular flexibility index (Phi) is 2.53. The summed E-state index contributed by atoms with van der Waals surface area (Å²) in [7, 11) is 0. The van der Waals surface area contributed by atoms with E-state index in [1.165, 1.54) is 0 Å². The lowest BCUT2D eigenvalue weighted by atomic mass is 10.2. The van der Waals surface area contributed by atoms with Gasteiger partial charge in [-0.05, 0) is 20.3 Å². The third-order valence-electron chi connectivity index (χ3n) is 2.39. The average molecular weight is 205 g/mol. The molecule has 5 nitrogen and oxygen atoms in total. The maximum Gasteiger partial charge on any atom is 0.183 e. The SMILES string of the molecule is CC[C@@H](C)Nc1nc(C)nc2nc[nH]c12. The van der Waals surface area contributed by atoms with Crippen molar-refractivity contribution in [2.75, 3.05) is 5.32 Å². The first-order valence-corrected chi connectivity index (χ1v) is 5.15. The van der Waals surface area contributed by atoms with Crippen molar-refractivity contribution in [1.82, 2.24) is 19.9 Å². The van der Waals surface area contributed by atoms with Gasteiger partial charge in [-0.15, -0.1) is 0 Å². The number of rotatable bonds is 3. The van der Waals surface area contributed by atoms with Crippen LogP contribution < -0.4 is 5.32 Å². The molecule has 15 heavy (non-hydrogen) atoms. The second-order valence-corrected chi connectivity index (χ2v) is 3.67. The van der Waals surface area contributed by atoms with Crippen LogP contribution in [0.2, 0.25) is 0 Å². The Balaban J connectivity index is 2.44. The van der Waals surface area contributed by atoms with E-state index in [1.807, 2.05) is 6.92 Å². The third kappa shape index (κ3) is 1.91. The predicted octanol–water partition coefficient (Wildman–Crippen LogP) is 1.87. The van der Waals surface area contributed by atoms with Gasteiger partial charge < -0.3 is 10.3 Å². The zero-order valence-corrected chi connectivity index (χ0v) is 9.20. The maximum atomic E-state index is 4.37. The number of nitrogens with one attached hydrogen (secondary N) is 2. The lowest BCUT2D eigenvalue weighted by Crippen LogP contribution is -2.15. The molecule has 0 radical (unpaired) electrons. The van der Waals surface area contributed by atoms with Crippen LogP contribution in [0, 0.1) is 6.92 Å². The standard InChI is InChI=1S/C10H15N5/c1-4-6(2)13-10-8-9(12-5-11-8)14-7(3)15-10/h5-6H,4H2,1-3H3,(H2,11,12,13,14,15)/t6-/m1/s1. The normalized spacial score (nSPS) is 13.0. The number of imidazole rings is 1. The van der Waals surface area contributed by atoms with E-state index in [0.717, 1.165) is 23.6 Å². The molecule has 0 aromatic carbocycles. The number of aromatic amines is 1. The zero-order valence-electron chi connectivity index (χ0n) is 9.20. The van der Waals surface area contributed by atoms with Crippen LogP contribution in [0.15, 0.2) is 6.33 Å². The number of nitrogens with zero attached hydrogens (tertiary/aromatic N) is 3. The molecule has 0 aliphatic carbocycles. The van der Waals surface area contributed by atoms with Gasteiger partial charge in [0.2, 0.25) is 0 Å². The molecule has 2 aromatic heterocycles. The van der Waals surface area contributed by atoms with Crippen LogP contribution in [-0.2, 0) is 0 Å². The van der Waals surface area contributed by atoms with Gasteiger partial charge in [0.15, 0.2) is 11.5 Å². The van der Waals surface area contributed by atoms with E-state index in [9.17, 15) is 0 Å². The van der Waals surface area contributed by atoms with Gasteiger partial charge in [0.1, 0.15) is 11.3 Å². The second kappa shape index (κ2) is 3.84. The smallest absolute Gasteiger partial charge is 0.183 e. The quantitative estimate of drug-likeness (QED) is 0.802. The van der Waals surface area contributed by atoms with Crippen LogP contribution in [0.5, 0.6) is 0 Å². The summed E-state index contributed by atoms with van der Waals surface area (Å²) in [6.45, 7) is 6.13. The van der Waals surface area contributed by atoms with E-state index in [1.54, 1.807) is 6.33 Å². The fourth-order valence-corrected chi connectivity index (χ4v) is 1.38. The molecule has 0 fully saturated rings. The molecule has 0 bridgehead atoms. The van der Waals surface area contributed by atoms with Crippen molar-refractivity contribution in [3.63, 3.8) is 0 Å². The predicted molar refractivity (Wildman–Crippen MR) is 59.8 cm³/mol. The summed E-state index contributed by atoms with van der Waals surface area (Å²) in [4.78, 5) is 15.8. The number of aryl methyl sites for hydroxylation is 1. The summed E-state index contributed by atoms with van der Waals surface area (Å²) < 4.78 is 0. The van der Waals surface area contributed by atoms with Gasteiger partial charge in [-0.3, -0.25) is 0 Å². The van der Waals surface area contributed by atoms with Crippen molar-refractivity contribution in [1.29, 1.82) is 0 Å². The fourth-order valence-electron chi connectivity index (χ4n) is 1.38. The van der Waals surface area contributed by atoms with Gasteiger partial charge in [0, 0.05) is 6.04 Å². The van der Waals surface area contributed by atoms with Crippen LogP contribution in [-0.4, -0.2) is 26.0 Å². The van der Waals surface area contributed by atoms with E-state index in [4.69, 9.17) is 0 Å². The molecule has 5 heteroatoms. The van der Waals surface area contributed by atoms with E-state index in [-0.39, 0.29) is 0 Å². The summed E-state index contributed by atoms with van der Waals surface area (Å²) >= 11 is 0. The zero-order chi connectivity index (χ0) is 10.8. The highest BCUT2D eigenvalue weighted by Crippen LogP contribution is 2.17. The minimum atomic E-state index is 0.394. The summed E-state index contributed by atoms with van der Waals surface area (Å²) in [6, 6.07) is 0.394. The van der Waals surface area contributed by atoms with Crippen molar-refractivity contribution in [2.24, 2.45) is 0 Å². The molecule has 0 aliphatic heterocycles. The lowest BCUT2D eigenvalue weighted by molar-refractivity contribution is 0.758.